The van der Waals surface area contributed by atoms with Gasteiger partial charge in [0.2, 0.25) is 5.91 Å². The van der Waals surface area contributed by atoms with Crippen molar-refractivity contribution in [1.29, 1.82) is 0 Å². The summed E-state index contributed by atoms with van der Waals surface area (Å²) in [6.07, 6.45) is 0.433. The Labute approximate surface area is 119 Å². The van der Waals surface area contributed by atoms with Crippen molar-refractivity contribution < 1.29 is 19.5 Å². The molecule has 7 heteroatoms. The van der Waals surface area contributed by atoms with Crippen LogP contribution < -0.4 is 16.4 Å². The number of nitrogens with two attached hydrogens (primary N) is 1. The SMILES string of the molecule is CC(CC(N)=O)NC(=O)NC(CC(=O)O)CC(C)(C)C. The van der Waals surface area contributed by atoms with Crippen molar-refractivity contribution in [1.82, 2.24) is 10.6 Å². The van der Waals surface area contributed by atoms with E-state index in [4.69, 9.17) is 10.8 Å². The van der Waals surface area contributed by atoms with Crippen molar-refractivity contribution >= 4 is 17.9 Å². The lowest BCUT2D eigenvalue weighted by Gasteiger charge is -2.26. The second-order valence-electron chi connectivity index (χ2n) is 6.25. The average Bonchev–Trinajstić information content (AvgIpc) is 2.09. The number of carboxylic acids is 1. The topological polar surface area (TPSA) is 122 Å². The van der Waals surface area contributed by atoms with E-state index in [1.165, 1.54) is 0 Å². The van der Waals surface area contributed by atoms with Crippen molar-refractivity contribution in [3.63, 3.8) is 0 Å². The number of hydrogen-bond donors (Lipinski definition) is 4. The van der Waals surface area contributed by atoms with E-state index < -0.39 is 30.0 Å². The molecule has 0 radical (unpaired) electrons. The molecule has 0 aromatic carbocycles. The van der Waals surface area contributed by atoms with Gasteiger partial charge in [-0.15, -0.1) is 0 Å². The number of carbonyl (C=O) groups is 3. The summed E-state index contributed by atoms with van der Waals surface area (Å²) in [6, 6.07) is -1.35. The van der Waals surface area contributed by atoms with Crippen LogP contribution in [0.1, 0.15) is 47.0 Å². The molecule has 2 atom stereocenters. The van der Waals surface area contributed by atoms with Crippen molar-refractivity contribution in [2.24, 2.45) is 11.1 Å². The number of carboxylic acid groups (broad SMARTS) is 1. The average molecular weight is 287 g/mol. The van der Waals surface area contributed by atoms with Crippen LogP contribution in [-0.4, -0.2) is 35.1 Å². The third kappa shape index (κ3) is 10.2. The van der Waals surface area contributed by atoms with Crippen molar-refractivity contribution in [2.45, 2.75) is 59.0 Å². The van der Waals surface area contributed by atoms with Crippen molar-refractivity contribution in [3.8, 4) is 0 Å². The lowest BCUT2D eigenvalue weighted by Crippen LogP contribution is -2.47. The molecule has 0 aromatic rings. The van der Waals surface area contributed by atoms with Crippen LogP contribution in [-0.2, 0) is 9.59 Å². The van der Waals surface area contributed by atoms with E-state index in [1.54, 1.807) is 6.92 Å². The summed E-state index contributed by atoms with van der Waals surface area (Å²) >= 11 is 0. The molecule has 0 fully saturated rings. The molecule has 0 bridgehead atoms. The van der Waals surface area contributed by atoms with Gasteiger partial charge in [-0.05, 0) is 18.8 Å². The number of aliphatic carboxylic acids is 1. The molecule has 7 nitrogen and oxygen atoms in total. The molecule has 0 aliphatic carbocycles. The van der Waals surface area contributed by atoms with Crippen LogP contribution in [0.2, 0.25) is 0 Å². The molecule has 5 N–H and O–H groups in total. The summed E-state index contributed by atoms with van der Waals surface area (Å²) in [7, 11) is 0. The first kappa shape index (κ1) is 18.2. The van der Waals surface area contributed by atoms with Gasteiger partial charge in [-0.25, -0.2) is 4.79 Å². The first-order chi connectivity index (χ1) is 8.99. The molecular weight excluding hydrogens is 262 g/mol. The summed E-state index contributed by atoms with van der Waals surface area (Å²) in [6.45, 7) is 7.56. The Balaban J connectivity index is 4.45. The molecule has 0 aliphatic heterocycles. The van der Waals surface area contributed by atoms with Crippen LogP contribution in [0.15, 0.2) is 0 Å². The maximum absolute atomic E-state index is 11.7. The Hall–Kier alpha value is -1.79. The summed E-state index contributed by atoms with van der Waals surface area (Å²) in [5.74, 6) is -1.47. The molecule has 0 aromatic heterocycles. The molecule has 0 heterocycles. The Morgan fingerprint density at radius 1 is 1.15 bits per heavy atom. The van der Waals surface area contributed by atoms with Gasteiger partial charge in [0.15, 0.2) is 0 Å². The van der Waals surface area contributed by atoms with Crippen LogP contribution in [0.3, 0.4) is 0 Å². The lowest BCUT2D eigenvalue weighted by molar-refractivity contribution is -0.137. The van der Waals surface area contributed by atoms with E-state index in [9.17, 15) is 14.4 Å². The molecule has 0 saturated carbocycles. The zero-order valence-corrected chi connectivity index (χ0v) is 12.5. The zero-order chi connectivity index (χ0) is 15.9. The number of amides is 3. The molecule has 0 aliphatic rings. The minimum atomic E-state index is -0.968. The van der Waals surface area contributed by atoms with Gasteiger partial charge in [0.05, 0.1) is 6.42 Å². The number of urea groups is 1. The third-order valence-corrected chi connectivity index (χ3v) is 2.50. The Morgan fingerprint density at radius 2 is 1.70 bits per heavy atom. The highest BCUT2D eigenvalue weighted by Crippen LogP contribution is 2.22. The van der Waals surface area contributed by atoms with E-state index in [-0.39, 0.29) is 18.3 Å². The quantitative estimate of drug-likeness (QED) is 0.554. The second kappa shape index (κ2) is 7.72. The van der Waals surface area contributed by atoms with Gasteiger partial charge in [0.1, 0.15) is 0 Å². The first-order valence-corrected chi connectivity index (χ1v) is 6.56. The Kier molecular flexibility index (Phi) is 7.02. The molecule has 0 saturated heterocycles. The van der Waals surface area contributed by atoms with E-state index in [0.717, 1.165) is 0 Å². The Bertz CT molecular complexity index is 363. The van der Waals surface area contributed by atoms with E-state index in [2.05, 4.69) is 10.6 Å². The fourth-order valence-corrected chi connectivity index (χ4v) is 1.93. The van der Waals surface area contributed by atoms with Crippen LogP contribution in [0.4, 0.5) is 4.79 Å². The predicted molar refractivity (Wildman–Crippen MR) is 75.1 cm³/mol. The highest BCUT2D eigenvalue weighted by Gasteiger charge is 2.23. The minimum Gasteiger partial charge on any atom is -0.481 e. The standard InChI is InChI=1S/C13H25N3O4/c1-8(5-10(14)17)15-12(20)16-9(6-11(18)19)7-13(2,3)4/h8-9H,5-7H2,1-4H3,(H2,14,17)(H,18,19)(H2,15,16,20). The van der Waals surface area contributed by atoms with E-state index in [1.807, 2.05) is 20.8 Å². The van der Waals surface area contributed by atoms with Crippen molar-refractivity contribution in [2.75, 3.05) is 0 Å². The third-order valence-electron chi connectivity index (χ3n) is 2.50. The van der Waals surface area contributed by atoms with E-state index in [0.29, 0.717) is 6.42 Å². The maximum Gasteiger partial charge on any atom is 0.315 e. The molecular formula is C13H25N3O4. The number of carbonyl (C=O) groups excluding carboxylic acids is 2. The van der Waals surface area contributed by atoms with Gasteiger partial charge in [0, 0.05) is 18.5 Å². The van der Waals surface area contributed by atoms with E-state index >= 15 is 0 Å². The van der Waals surface area contributed by atoms with Crippen LogP contribution >= 0.6 is 0 Å². The molecule has 0 rings (SSSR count). The van der Waals surface area contributed by atoms with Gasteiger partial charge >= 0.3 is 12.0 Å². The number of hydrogen-bond acceptors (Lipinski definition) is 3. The fraction of sp³-hybridized carbons (Fsp3) is 0.769. The minimum absolute atomic E-state index is 0.0380. The largest absolute Gasteiger partial charge is 0.481 e. The highest BCUT2D eigenvalue weighted by atomic mass is 16.4. The summed E-state index contributed by atoms with van der Waals surface area (Å²) in [5.41, 5.74) is 4.93. The summed E-state index contributed by atoms with van der Waals surface area (Å²) in [4.78, 5) is 33.3. The number of nitrogens with one attached hydrogen (secondary N) is 2. The highest BCUT2D eigenvalue weighted by molar-refractivity contribution is 5.78. The summed E-state index contributed by atoms with van der Waals surface area (Å²) in [5, 5.41) is 14.0. The maximum atomic E-state index is 11.7. The van der Waals surface area contributed by atoms with Gasteiger partial charge in [0.25, 0.3) is 0 Å². The van der Waals surface area contributed by atoms with Gasteiger partial charge in [-0.2, -0.15) is 0 Å². The predicted octanol–water partition coefficient (Wildman–Crippen LogP) is 0.829. The molecule has 0 spiro atoms. The fourth-order valence-electron chi connectivity index (χ4n) is 1.93. The van der Waals surface area contributed by atoms with Gasteiger partial charge in [-0.1, -0.05) is 20.8 Å². The number of primary amides is 1. The van der Waals surface area contributed by atoms with Crippen LogP contribution in [0.5, 0.6) is 0 Å². The van der Waals surface area contributed by atoms with Crippen molar-refractivity contribution in [3.05, 3.63) is 0 Å². The van der Waals surface area contributed by atoms with Crippen LogP contribution in [0, 0.1) is 5.41 Å². The van der Waals surface area contributed by atoms with Crippen LogP contribution in [0.25, 0.3) is 0 Å². The van der Waals surface area contributed by atoms with Gasteiger partial charge < -0.3 is 21.5 Å². The zero-order valence-electron chi connectivity index (χ0n) is 12.5. The summed E-state index contributed by atoms with van der Waals surface area (Å²) < 4.78 is 0. The smallest absolute Gasteiger partial charge is 0.315 e. The van der Waals surface area contributed by atoms with Gasteiger partial charge in [-0.3, -0.25) is 9.59 Å². The lowest BCUT2D eigenvalue weighted by atomic mass is 9.87. The first-order valence-electron chi connectivity index (χ1n) is 6.56. The normalized spacial score (nSPS) is 14.2. The molecule has 2 unspecified atom stereocenters. The monoisotopic (exact) mass is 287 g/mol. The molecule has 116 valence electrons. The Morgan fingerprint density at radius 3 is 2.10 bits per heavy atom. The second-order valence-corrected chi connectivity index (χ2v) is 6.25. The number of rotatable bonds is 7. The molecule has 20 heavy (non-hydrogen) atoms. The molecule has 3 amide bonds.